The molecule has 5 rings (SSSR count). The minimum absolute atomic E-state index is 0.0632. The summed E-state index contributed by atoms with van der Waals surface area (Å²) in [5, 5.41) is 8.78. The normalized spacial score (nSPS) is 15.9. The highest BCUT2D eigenvalue weighted by molar-refractivity contribution is 5.58. The van der Waals surface area contributed by atoms with Crippen molar-refractivity contribution in [2.75, 3.05) is 7.11 Å². The molecule has 0 bridgehead atoms. The summed E-state index contributed by atoms with van der Waals surface area (Å²) in [6, 6.07) is 17.9. The van der Waals surface area contributed by atoms with Gasteiger partial charge in [-0.2, -0.15) is 10.1 Å². The van der Waals surface area contributed by atoms with E-state index >= 15 is 0 Å². The number of hydrogen-bond acceptors (Lipinski definition) is 6. The number of rotatable bonds is 4. The van der Waals surface area contributed by atoms with Gasteiger partial charge in [-0.3, -0.25) is 4.68 Å². The smallest absolute Gasteiger partial charge is 0.278 e. The lowest BCUT2D eigenvalue weighted by Gasteiger charge is -2.24. The zero-order chi connectivity index (χ0) is 19.8. The SMILES string of the molecule is COc1ccc([C@H]2Cn3nc(-c4nc(-c5cccc(C)c5)no4)cc3CO2)cc1. The molecule has 0 N–H and O–H groups in total. The quantitative estimate of drug-likeness (QED) is 0.522. The zero-order valence-electron chi connectivity index (χ0n) is 16.2. The standard InChI is InChI=1S/C22H20N4O3/c1-14-4-3-5-16(10-14)21-23-22(29-25-21)19-11-17-13-28-20(12-26(17)24-19)15-6-8-18(27-2)9-7-15/h3-11,20H,12-13H2,1-2H3/t20-/m1/s1. The minimum Gasteiger partial charge on any atom is -0.497 e. The van der Waals surface area contributed by atoms with E-state index in [9.17, 15) is 0 Å². The molecule has 2 aromatic heterocycles. The molecular formula is C22H20N4O3. The van der Waals surface area contributed by atoms with Gasteiger partial charge in [0.15, 0.2) is 5.69 Å². The topological polar surface area (TPSA) is 75.2 Å². The van der Waals surface area contributed by atoms with Gasteiger partial charge in [0.05, 0.1) is 26.0 Å². The van der Waals surface area contributed by atoms with Crippen molar-refractivity contribution in [2.24, 2.45) is 0 Å². The third kappa shape index (κ3) is 3.40. The van der Waals surface area contributed by atoms with E-state index in [4.69, 9.17) is 14.0 Å². The molecule has 0 amide bonds. The summed E-state index contributed by atoms with van der Waals surface area (Å²) in [6.45, 7) is 3.14. The highest BCUT2D eigenvalue weighted by Crippen LogP contribution is 2.30. The monoisotopic (exact) mass is 388 g/mol. The fourth-order valence-electron chi connectivity index (χ4n) is 3.48. The van der Waals surface area contributed by atoms with Gasteiger partial charge in [0.25, 0.3) is 5.89 Å². The number of methoxy groups -OCH3 is 1. The van der Waals surface area contributed by atoms with Crippen molar-refractivity contribution in [2.45, 2.75) is 26.2 Å². The number of nitrogens with zero attached hydrogens (tertiary/aromatic N) is 4. The van der Waals surface area contributed by atoms with Crippen molar-refractivity contribution >= 4 is 0 Å². The Kier molecular flexibility index (Phi) is 4.37. The Labute approximate surface area is 167 Å². The Morgan fingerprint density at radius 1 is 1.10 bits per heavy atom. The predicted octanol–water partition coefficient (Wildman–Crippen LogP) is 4.19. The number of benzene rings is 2. The van der Waals surface area contributed by atoms with E-state index in [-0.39, 0.29) is 6.10 Å². The Balaban J connectivity index is 1.38. The molecule has 0 saturated carbocycles. The fraction of sp³-hybridized carbons (Fsp3) is 0.227. The minimum atomic E-state index is -0.0632. The second-order valence-electron chi connectivity index (χ2n) is 7.07. The van der Waals surface area contributed by atoms with Gasteiger partial charge in [-0.05, 0) is 36.8 Å². The molecule has 7 heteroatoms. The average molecular weight is 388 g/mol. The number of aryl methyl sites for hydroxylation is 1. The second kappa shape index (κ2) is 7.18. The molecule has 3 heterocycles. The molecule has 7 nitrogen and oxygen atoms in total. The van der Waals surface area contributed by atoms with Gasteiger partial charge in [-0.25, -0.2) is 0 Å². The third-order valence-electron chi connectivity index (χ3n) is 5.04. The molecule has 0 radical (unpaired) electrons. The Morgan fingerprint density at radius 3 is 2.76 bits per heavy atom. The van der Waals surface area contributed by atoms with E-state index in [1.54, 1.807) is 7.11 Å². The van der Waals surface area contributed by atoms with Crippen LogP contribution in [0.15, 0.2) is 59.1 Å². The van der Waals surface area contributed by atoms with Crippen LogP contribution in [-0.4, -0.2) is 27.0 Å². The first-order valence-corrected chi connectivity index (χ1v) is 9.43. The maximum Gasteiger partial charge on any atom is 0.278 e. The number of ether oxygens (including phenoxy) is 2. The van der Waals surface area contributed by atoms with Crippen LogP contribution in [0.5, 0.6) is 5.75 Å². The molecule has 0 fully saturated rings. The summed E-state index contributed by atoms with van der Waals surface area (Å²) in [7, 11) is 1.66. The van der Waals surface area contributed by atoms with Crippen LogP contribution in [-0.2, 0) is 17.9 Å². The fourth-order valence-corrected chi connectivity index (χ4v) is 3.48. The number of hydrogen-bond donors (Lipinski definition) is 0. The van der Waals surface area contributed by atoms with Gasteiger partial charge in [0, 0.05) is 5.56 Å². The second-order valence-corrected chi connectivity index (χ2v) is 7.07. The Bertz CT molecular complexity index is 1150. The molecule has 0 unspecified atom stereocenters. The molecule has 1 aliphatic heterocycles. The first-order valence-electron chi connectivity index (χ1n) is 9.43. The summed E-state index contributed by atoms with van der Waals surface area (Å²) in [5.41, 5.74) is 4.80. The van der Waals surface area contributed by atoms with Crippen LogP contribution in [0.1, 0.15) is 22.9 Å². The van der Waals surface area contributed by atoms with E-state index in [2.05, 4.69) is 15.2 Å². The number of aromatic nitrogens is 4. The van der Waals surface area contributed by atoms with E-state index in [0.717, 1.165) is 28.1 Å². The van der Waals surface area contributed by atoms with Gasteiger partial charge < -0.3 is 14.0 Å². The number of fused-ring (bicyclic) bond motifs is 1. The van der Waals surface area contributed by atoms with Gasteiger partial charge >= 0.3 is 0 Å². The van der Waals surface area contributed by atoms with Crippen molar-refractivity contribution in [3.8, 4) is 28.7 Å². The third-order valence-corrected chi connectivity index (χ3v) is 5.04. The van der Waals surface area contributed by atoms with Crippen LogP contribution < -0.4 is 4.74 Å². The first kappa shape index (κ1) is 17.6. The maximum absolute atomic E-state index is 6.03. The summed E-state index contributed by atoms with van der Waals surface area (Å²) < 4.78 is 18.7. The molecule has 2 aromatic carbocycles. The molecule has 146 valence electrons. The average Bonchev–Trinajstić information content (AvgIpc) is 3.40. The molecule has 4 aromatic rings. The molecular weight excluding hydrogens is 368 g/mol. The van der Waals surface area contributed by atoms with Crippen LogP contribution >= 0.6 is 0 Å². The van der Waals surface area contributed by atoms with Gasteiger partial charge in [0.1, 0.15) is 11.9 Å². The maximum atomic E-state index is 6.03. The van der Waals surface area contributed by atoms with E-state index in [0.29, 0.717) is 30.6 Å². The zero-order valence-corrected chi connectivity index (χ0v) is 16.2. The van der Waals surface area contributed by atoms with Gasteiger partial charge in [-0.15, -0.1) is 0 Å². The van der Waals surface area contributed by atoms with E-state index in [1.807, 2.05) is 66.2 Å². The van der Waals surface area contributed by atoms with Crippen LogP contribution in [0.4, 0.5) is 0 Å². The predicted molar refractivity (Wildman–Crippen MR) is 106 cm³/mol. The molecule has 29 heavy (non-hydrogen) atoms. The van der Waals surface area contributed by atoms with Crippen LogP contribution in [0.25, 0.3) is 23.0 Å². The highest BCUT2D eigenvalue weighted by atomic mass is 16.5. The van der Waals surface area contributed by atoms with Crippen LogP contribution in [0.3, 0.4) is 0 Å². The van der Waals surface area contributed by atoms with Crippen molar-refractivity contribution in [3.63, 3.8) is 0 Å². The Hall–Kier alpha value is -3.45. The molecule has 0 aliphatic carbocycles. The largest absolute Gasteiger partial charge is 0.497 e. The van der Waals surface area contributed by atoms with Crippen molar-refractivity contribution < 1.29 is 14.0 Å². The summed E-state index contributed by atoms with van der Waals surface area (Å²) in [4.78, 5) is 4.52. The lowest BCUT2D eigenvalue weighted by atomic mass is 10.1. The van der Waals surface area contributed by atoms with E-state index < -0.39 is 0 Å². The lowest BCUT2D eigenvalue weighted by Crippen LogP contribution is -2.21. The summed E-state index contributed by atoms with van der Waals surface area (Å²) >= 11 is 0. The van der Waals surface area contributed by atoms with Crippen LogP contribution in [0.2, 0.25) is 0 Å². The molecule has 0 saturated heterocycles. The molecule has 1 atom stereocenters. The van der Waals surface area contributed by atoms with E-state index in [1.165, 1.54) is 0 Å². The van der Waals surface area contributed by atoms with Gasteiger partial charge in [0.2, 0.25) is 5.82 Å². The van der Waals surface area contributed by atoms with Crippen LogP contribution in [0, 0.1) is 6.92 Å². The lowest BCUT2D eigenvalue weighted by molar-refractivity contribution is -0.00115. The highest BCUT2D eigenvalue weighted by Gasteiger charge is 2.24. The summed E-state index contributed by atoms with van der Waals surface area (Å²) in [5.74, 6) is 1.79. The summed E-state index contributed by atoms with van der Waals surface area (Å²) in [6.07, 6.45) is -0.0632. The van der Waals surface area contributed by atoms with Gasteiger partial charge in [-0.1, -0.05) is 41.1 Å². The van der Waals surface area contributed by atoms with Crippen molar-refractivity contribution in [3.05, 3.63) is 71.4 Å². The Morgan fingerprint density at radius 2 is 1.97 bits per heavy atom. The first-order chi connectivity index (χ1) is 14.2. The van der Waals surface area contributed by atoms with Crippen molar-refractivity contribution in [1.29, 1.82) is 0 Å². The molecule has 0 spiro atoms. The molecule has 1 aliphatic rings. The van der Waals surface area contributed by atoms with Crippen molar-refractivity contribution in [1.82, 2.24) is 19.9 Å².